The highest BCUT2D eigenvalue weighted by atomic mass is 35.5. The Kier molecular flexibility index (Phi) is 4.21. The van der Waals surface area contributed by atoms with Crippen molar-refractivity contribution in [1.29, 1.82) is 0 Å². The number of carbonyl (C=O) groups excluding carboxylic acids is 1. The third kappa shape index (κ3) is 2.89. The van der Waals surface area contributed by atoms with Gasteiger partial charge in [-0.25, -0.2) is 23.2 Å². The molecular formula is C10H8ClN3O4S2. The van der Waals surface area contributed by atoms with Gasteiger partial charge in [-0.2, -0.15) is 0 Å². The summed E-state index contributed by atoms with van der Waals surface area (Å²) in [5, 5.41) is 1.38. The van der Waals surface area contributed by atoms with E-state index in [2.05, 4.69) is 19.4 Å². The first-order valence-corrected chi connectivity index (χ1v) is 7.85. The highest BCUT2D eigenvalue weighted by Gasteiger charge is 2.25. The van der Waals surface area contributed by atoms with Crippen molar-refractivity contribution in [2.45, 2.75) is 4.90 Å². The highest BCUT2D eigenvalue weighted by molar-refractivity contribution is 7.93. The predicted octanol–water partition coefficient (Wildman–Crippen LogP) is 1.78. The van der Waals surface area contributed by atoms with Crippen LogP contribution < -0.4 is 4.72 Å². The van der Waals surface area contributed by atoms with Crippen LogP contribution in [0.1, 0.15) is 9.67 Å². The van der Waals surface area contributed by atoms with E-state index >= 15 is 0 Å². The van der Waals surface area contributed by atoms with Gasteiger partial charge in [-0.15, -0.1) is 11.3 Å². The number of methoxy groups -OCH3 is 1. The van der Waals surface area contributed by atoms with Crippen LogP contribution in [0.5, 0.6) is 0 Å². The van der Waals surface area contributed by atoms with E-state index < -0.39 is 16.0 Å². The third-order valence-electron chi connectivity index (χ3n) is 2.17. The molecule has 2 aromatic rings. The first-order valence-electron chi connectivity index (χ1n) is 5.11. The minimum Gasteiger partial charge on any atom is -0.465 e. The van der Waals surface area contributed by atoms with Gasteiger partial charge < -0.3 is 4.74 Å². The van der Waals surface area contributed by atoms with Gasteiger partial charge in [-0.05, 0) is 11.4 Å². The van der Waals surface area contributed by atoms with Gasteiger partial charge in [0.15, 0.2) is 11.0 Å². The van der Waals surface area contributed by atoms with Crippen molar-refractivity contribution < 1.29 is 17.9 Å². The van der Waals surface area contributed by atoms with E-state index in [4.69, 9.17) is 11.6 Å². The van der Waals surface area contributed by atoms with Gasteiger partial charge in [0, 0.05) is 12.4 Å². The van der Waals surface area contributed by atoms with Gasteiger partial charge >= 0.3 is 5.97 Å². The average molecular weight is 334 g/mol. The van der Waals surface area contributed by atoms with Crippen molar-refractivity contribution in [1.82, 2.24) is 9.97 Å². The minimum atomic E-state index is -4.01. The fraction of sp³-hybridized carbons (Fsp3) is 0.100. The molecule has 2 rings (SSSR count). The first-order chi connectivity index (χ1) is 9.45. The Morgan fingerprint density at radius 3 is 2.75 bits per heavy atom. The molecule has 0 spiro atoms. The molecule has 0 aliphatic heterocycles. The molecule has 0 fully saturated rings. The number of halogens is 1. The number of nitrogens with one attached hydrogen (secondary N) is 1. The maximum atomic E-state index is 12.2. The first kappa shape index (κ1) is 14.7. The summed E-state index contributed by atoms with van der Waals surface area (Å²) < 4.78 is 31.1. The van der Waals surface area contributed by atoms with E-state index in [1.165, 1.54) is 30.9 Å². The number of sulfonamides is 1. The van der Waals surface area contributed by atoms with E-state index in [0.717, 1.165) is 11.3 Å². The molecule has 0 radical (unpaired) electrons. The van der Waals surface area contributed by atoms with Crippen molar-refractivity contribution in [3.05, 3.63) is 33.9 Å². The maximum Gasteiger partial charge on any atom is 0.349 e. The summed E-state index contributed by atoms with van der Waals surface area (Å²) in [6.45, 7) is 0. The van der Waals surface area contributed by atoms with Gasteiger partial charge in [0.05, 0.1) is 7.11 Å². The lowest BCUT2D eigenvalue weighted by Crippen LogP contribution is -2.17. The van der Waals surface area contributed by atoms with E-state index in [1.54, 1.807) is 0 Å². The van der Waals surface area contributed by atoms with Crippen LogP contribution in [0.3, 0.4) is 0 Å². The molecule has 0 bridgehead atoms. The second-order valence-corrected chi connectivity index (χ2v) is 6.33. The summed E-state index contributed by atoms with van der Waals surface area (Å²) in [5.74, 6) is -0.846. The molecule has 0 aromatic carbocycles. The van der Waals surface area contributed by atoms with Crippen molar-refractivity contribution in [2.75, 3.05) is 11.8 Å². The Morgan fingerprint density at radius 1 is 1.40 bits per heavy atom. The predicted molar refractivity (Wildman–Crippen MR) is 73.5 cm³/mol. The second kappa shape index (κ2) is 5.73. The lowest BCUT2D eigenvalue weighted by molar-refractivity contribution is 0.0602. The summed E-state index contributed by atoms with van der Waals surface area (Å²) in [5.41, 5.74) is 0. The Morgan fingerprint density at radius 2 is 2.10 bits per heavy atom. The number of thiophene rings is 1. The smallest absolute Gasteiger partial charge is 0.349 e. The summed E-state index contributed by atoms with van der Waals surface area (Å²) in [6, 6.07) is 1.30. The van der Waals surface area contributed by atoms with Crippen molar-refractivity contribution in [2.24, 2.45) is 0 Å². The van der Waals surface area contributed by atoms with Crippen LogP contribution >= 0.6 is 22.9 Å². The number of rotatable bonds is 4. The summed E-state index contributed by atoms with van der Waals surface area (Å²) in [6.07, 6.45) is 2.61. The molecule has 7 nitrogen and oxygen atoms in total. The zero-order valence-electron chi connectivity index (χ0n) is 10.0. The van der Waals surface area contributed by atoms with Crippen LogP contribution in [0.4, 0.5) is 5.82 Å². The van der Waals surface area contributed by atoms with E-state index in [1.807, 2.05) is 0 Å². The van der Waals surface area contributed by atoms with Gasteiger partial charge in [0.1, 0.15) is 9.77 Å². The molecule has 0 unspecified atom stereocenters. The lowest BCUT2D eigenvalue weighted by Gasteiger charge is -2.07. The molecule has 0 atom stereocenters. The highest BCUT2D eigenvalue weighted by Crippen LogP contribution is 2.26. The van der Waals surface area contributed by atoms with E-state index in [9.17, 15) is 13.2 Å². The fourth-order valence-electron chi connectivity index (χ4n) is 1.32. The SMILES string of the molecule is COC(=O)c1sccc1S(=O)(=O)Nc1nccnc1Cl. The normalized spacial score (nSPS) is 11.1. The van der Waals surface area contributed by atoms with Crippen LogP contribution in [0.25, 0.3) is 0 Å². The van der Waals surface area contributed by atoms with Gasteiger partial charge in [-0.1, -0.05) is 11.6 Å². The van der Waals surface area contributed by atoms with Crippen LogP contribution in [0, 0.1) is 0 Å². The number of carbonyl (C=O) groups is 1. The lowest BCUT2D eigenvalue weighted by atomic mass is 10.5. The van der Waals surface area contributed by atoms with Crippen molar-refractivity contribution >= 4 is 44.7 Å². The van der Waals surface area contributed by atoms with Crippen LogP contribution in [-0.4, -0.2) is 31.5 Å². The molecular weight excluding hydrogens is 326 g/mol. The van der Waals surface area contributed by atoms with Crippen LogP contribution in [-0.2, 0) is 14.8 Å². The van der Waals surface area contributed by atoms with Gasteiger partial charge in [-0.3, -0.25) is 4.72 Å². The largest absolute Gasteiger partial charge is 0.465 e. The Balaban J connectivity index is 2.40. The molecule has 2 aromatic heterocycles. The zero-order chi connectivity index (χ0) is 14.8. The molecule has 0 aliphatic carbocycles. The zero-order valence-corrected chi connectivity index (χ0v) is 12.4. The molecule has 0 aliphatic rings. The standard InChI is InChI=1S/C10H8ClN3O4S2/c1-18-10(15)7-6(2-5-19-7)20(16,17)14-9-8(11)12-3-4-13-9/h2-5H,1H3,(H,13,14). The maximum absolute atomic E-state index is 12.2. The second-order valence-electron chi connectivity index (χ2n) is 3.41. The number of hydrogen-bond acceptors (Lipinski definition) is 7. The van der Waals surface area contributed by atoms with Crippen LogP contribution in [0.15, 0.2) is 28.7 Å². The number of aromatic nitrogens is 2. The number of ether oxygens (including phenoxy) is 1. The Labute approximate surface area is 123 Å². The molecule has 10 heteroatoms. The van der Waals surface area contributed by atoms with Crippen molar-refractivity contribution in [3.63, 3.8) is 0 Å². The molecule has 20 heavy (non-hydrogen) atoms. The van der Waals surface area contributed by atoms with E-state index in [-0.39, 0.29) is 20.7 Å². The Bertz CT molecular complexity index is 744. The number of esters is 1. The number of anilines is 1. The molecule has 0 saturated carbocycles. The number of hydrogen-bond donors (Lipinski definition) is 1. The molecule has 2 heterocycles. The molecule has 106 valence electrons. The van der Waals surface area contributed by atoms with Gasteiger partial charge in [0.25, 0.3) is 10.0 Å². The van der Waals surface area contributed by atoms with E-state index in [0.29, 0.717) is 0 Å². The third-order valence-corrected chi connectivity index (χ3v) is 4.86. The Hall–Kier alpha value is -1.71. The summed E-state index contributed by atoms with van der Waals surface area (Å²) >= 11 is 6.69. The quantitative estimate of drug-likeness (QED) is 0.856. The van der Waals surface area contributed by atoms with Crippen LogP contribution in [0.2, 0.25) is 5.15 Å². The topological polar surface area (TPSA) is 98.2 Å². The fourth-order valence-corrected chi connectivity index (χ4v) is 3.88. The molecule has 0 saturated heterocycles. The average Bonchev–Trinajstić information content (AvgIpc) is 2.90. The van der Waals surface area contributed by atoms with Crippen molar-refractivity contribution in [3.8, 4) is 0 Å². The molecule has 1 N–H and O–H groups in total. The molecule has 0 amide bonds. The minimum absolute atomic E-state index is 0.0278. The van der Waals surface area contributed by atoms with Gasteiger partial charge in [0.2, 0.25) is 0 Å². The monoisotopic (exact) mass is 333 g/mol. The summed E-state index contributed by atoms with van der Waals surface area (Å²) in [7, 11) is -2.83. The number of nitrogens with zero attached hydrogens (tertiary/aromatic N) is 2. The summed E-state index contributed by atoms with van der Waals surface area (Å²) in [4.78, 5) is 18.8.